The highest BCUT2D eigenvalue weighted by Crippen LogP contribution is 2.53. The number of sulfonamides is 1. The molecule has 2 aliphatic carbocycles. The summed E-state index contributed by atoms with van der Waals surface area (Å²) >= 11 is 6.56. The molecule has 7 nitrogen and oxygen atoms in total. The van der Waals surface area contributed by atoms with Crippen LogP contribution in [0.25, 0.3) is 11.1 Å². The molecule has 2 aliphatic rings. The second-order valence-corrected chi connectivity index (χ2v) is 13.3. The highest BCUT2D eigenvalue weighted by atomic mass is 35.5. The maximum atomic E-state index is 13.6. The van der Waals surface area contributed by atoms with Crippen LogP contribution in [0.15, 0.2) is 65.8 Å². The molecule has 0 amide bonds. The van der Waals surface area contributed by atoms with Gasteiger partial charge in [0.05, 0.1) is 23.2 Å². The monoisotopic (exact) mass is 583 g/mol. The fraction of sp³-hybridized carbons (Fsp3) is 0.452. The van der Waals surface area contributed by atoms with Crippen LogP contribution in [-0.4, -0.2) is 42.9 Å². The fourth-order valence-electron chi connectivity index (χ4n) is 5.00. The Morgan fingerprint density at radius 2 is 1.88 bits per heavy atom. The summed E-state index contributed by atoms with van der Waals surface area (Å²) in [6.45, 7) is 4.91. The van der Waals surface area contributed by atoms with Crippen molar-refractivity contribution in [2.45, 2.75) is 81.6 Å². The lowest BCUT2D eigenvalue weighted by Gasteiger charge is -2.26. The number of hydrogen-bond acceptors (Lipinski definition) is 6. The van der Waals surface area contributed by atoms with Gasteiger partial charge in [-0.05, 0) is 100 Å². The maximum absolute atomic E-state index is 13.6. The van der Waals surface area contributed by atoms with E-state index in [1.807, 2.05) is 44.3 Å². The number of nitrogens with zero attached hydrogens (tertiary/aromatic N) is 2. The molecule has 0 bridgehead atoms. The standard InChI is InChI=1S/C31H38ClN3O4S/c1-22(2)35(18-6-5-16-33)40(36,37)25-11-12-29(32)23(19-25)21-38-31(14-15-31)28-20-34-17-13-26(28)27-7-3-4-8-30(27)39-24-9-10-24/h3-4,7-8,11-13,17,19-20,22,24H,5-6,9-10,14-16,18,21,33H2,1-2H3. The van der Waals surface area contributed by atoms with Crippen LogP contribution in [0.1, 0.15) is 63.5 Å². The first-order valence-corrected chi connectivity index (χ1v) is 15.9. The molecule has 2 N–H and O–H groups in total. The highest BCUT2D eigenvalue weighted by Gasteiger charge is 2.48. The van der Waals surface area contributed by atoms with Gasteiger partial charge in [-0.1, -0.05) is 29.8 Å². The Labute approximate surface area is 242 Å². The van der Waals surface area contributed by atoms with Crippen LogP contribution in [0.2, 0.25) is 5.02 Å². The molecule has 2 fully saturated rings. The van der Waals surface area contributed by atoms with Gasteiger partial charge in [0.25, 0.3) is 0 Å². The van der Waals surface area contributed by atoms with E-state index in [-0.39, 0.29) is 23.6 Å². The van der Waals surface area contributed by atoms with E-state index in [4.69, 9.17) is 26.8 Å². The summed E-state index contributed by atoms with van der Waals surface area (Å²) in [6.07, 6.45) is 9.30. The van der Waals surface area contributed by atoms with Crippen molar-refractivity contribution in [1.29, 1.82) is 0 Å². The van der Waals surface area contributed by atoms with Gasteiger partial charge in [-0.2, -0.15) is 4.31 Å². The third-order valence-electron chi connectivity index (χ3n) is 7.55. The maximum Gasteiger partial charge on any atom is 0.243 e. The smallest absolute Gasteiger partial charge is 0.243 e. The van der Waals surface area contributed by atoms with Crippen molar-refractivity contribution >= 4 is 21.6 Å². The van der Waals surface area contributed by atoms with Crippen molar-refractivity contribution in [3.63, 3.8) is 0 Å². The summed E-state index contributed by atoms with van der Waals surface area (Å²) in [7, 11) is -3.71. The molecule has 5 rings (SSSR count). The van der Waals surface area contributed by atoms with Gasteiger partial charge in [0.2, 0.25) is 10.0 Å². The van der Waals surface area contributed by atoms with E-state index in [1.165, 1.54) is 4.31 Å². The number of para-hydroxylation sites is 1. The first kappa shape index (κ1) is 29.0. The van der Waals surface area contributed by atoms with Gasteiger partial charge in [0, 0.05) is 41.1 Å². The molecule has 40 heavy (non-hydrogen) atoms. The summed E-state index contributed by atoms with van der Waals surface area (Å²) in [6, 6.07) is 14.8. The van der Waals surface area contributed by atoms with Gasteiger partial charge in [0.15, 0.2) is 0 Å². The van der Waals surface area contributed by atoms with Crippen molar-refractivity contribution in [2.24, 2.45) is 5.73 Å². The van der Waals surface area contributed by atoms with Gasteiger partial charge in [-0.15, -0.1) is 0 Å². The lowest BCUT2D eigenvalue weighted by Crippen LogP contribution is -2.37. The third-order valence-corrected chi connectivity index (χ3v) is 9.99. The second-order valence-electron chi connectivity index (χ2n) is 11.0. The lowest BCUT2D eigenvalue weighted by atomic mass is 9.96. The number of ether oxygens (including phenoxy) is 2. The van der Waals surface area contributed by atoms with E-state index < -0.39 is 15.6 Å². The van der Waals surface area contributed by atoms with Crippen LogP contribution in [-0.2, 0) is 27.0 Å². The normalized spacial score (nSPS) is 16.4. The Morgan fingerprint density at radius 1 is 1.10 bits per heavy atom. The van der Waals surface area contributed by atoms with Gasteiger partial charge < -0.3 is 15.2 Å². The molecule has 0 unspecified atom stereocenters. The summed E-state index contributed by atoms with van der Waals surface area (Å²) in [5, 5.41) is 0.476. The Hall–Kier alpha value is -2.49. The molecule has 9 heteroatoms. The first-order chi connectivity index (χ1) is 19.2. The van der Waals surface area contributed by atoms with E-state index >= 15 is 0 Å². The Balaban J connectivity index is 1.38. The van der Waals surface area contributed by atoms with E-state index in [0.29, 0.717) is 30.1 Å². The third kappa shape index (κ3) is 6.37. The molecule has 1 aromatic heterocycles. The quantitative estimate of drug-likeness (QED) is 0.224. The molecule has 3 aromatic rings. The SMILES string of the molecule is CC(C)N(CCCCN)S(=O)(=O)c1ccc(Cl)c(COC2(c3cnccc3-c3ccccc3OC3CC3)CC2)c1. The zero-order chi connectivity index (χ0) is 28.3. The van der Waals surface area contributed by atoms with Gasteiger partial charge >= 0.3 is 0 Å². The number of rotatable bonds is 14. The number of pyridine rings is 1. The molecule has 2 aromatic carbocycles. The van der Waals surface area contributed by atoms with Crippen LogP contribution in [0.4, 0.5) is 0 Å². The predicted octanol–water partition coefficient (Wildman–Crippen LogP) is 6.29. The van der Waals surface area contributed by atoms with Gasteiger partial charge in [0.1, 0.15) is 5.75 Å². The second kappa shape index (κ2) is 12.2. The zero-order valence-electron chi connectivity index (χ0n) is 23.2. The Bertz CT molecular complexity index is 1440. The number of nitrogens with two attached hydrogens (primary N) is 1. The summed E-state index contributed by atoms with van der Waals surface area (Å²) < 4.78 is 41.4. The summed E-state index contributed by atoms with van der Waals surface area (Å²) in [5.41, 5.74) is 8.83. The zero-order valence-corrected chi connectivity index (χ0v) is 24.8. The molecule has 1 heterocycles. The summed E-state index contributed by atoms with van der Waals surface area (Å²) in [5.74, 6) is 0.871. The van der Waals surface area contributed by atoms with E-state index in [1.54, 1.807) is 24.4 Å². The average Bonchev–Trinajstić information content (AvgIpc) is 3.88. The largest absolute Gasteiger partial charge is 0.490 e. The minimum Gasteiger partial charge on any atom is -0.490 e. The van der Waals surface area contributed by atoms with Gasteiger partial charge in [-0.3, -0.25) is 4.98 Å². The van der Waals surface area contributed by atoms with E-state index in [2.05, 4.69) is 11.1 Å². The molecule has 0 aliphatic heterocycles. The predicted molar refractivity (Wildman–Crippen MR) is 158 cm³/mol. The van der Waals surface area contributed by atoms with Crippen LogP contribution < -0.4 is 10.5 Å². The van der Waals surface area contributed by atoms with Crippen molar-refractivity contribution in [2.75, 3.05) is 13.1 Å². The number of halogens is 1. The summed E-state index contributed by atoms with van der Waals surface area (Å²) in [4.78, 5) is 4.64. The number of unbranched alkanes of at least 4 members (excludes halogenated alkanes) is 1. The van der Waals surface area contributed by atoms with Crippen LogP contribution in [0, 0.1) is 0 Å². The topological polar surface area (TPSA) is 94.8 Å². The molecule has 0 saturated heterocycles. The lowest BCUT2D eigenvalue weighted by molar-refractivity contribution is 0.0173. The van der Waals surface area contributed by atoms with Crippen molar-refractivity contribution in [3.8, 4) is 16.9 Å². The molecule has 0 atom stereocenters. The average molecular weight is 584 g/mol. The highest BCUT2D eigenvalue weighted by molar-refractivity contribution is 7.89. The number of aromatic nitrogens is 1. The number of benzene rings is 2. The minimum atomic E-state index is -3.71. The minimum absolute atomic E-state index is 0.177. The molecular weight excluding hydrogens is 546 g/mol. The van der Waals surface area contributed by atoms with Gasteiger partial charge in [-0.25, -0.2) is 8.42 Å². The Morgan fingerprint density at radius 3 is 2.58 bits per heavy atom. The Kier molecular flexibility index (Phi) is 8.83. The molecule has 0 radical (unpaired) electrons. The van der Waals surface area contributed by atoms with E-state index in [0.717, 1.165) is 54.5 Å². The first-order valence-electron chi connectivity index (χ1n) is 14.1. The van der Waals surface area contributed by atoms with Crippen molar-refractivity contribution in [3.05, 3.63) is 77.1 Å². The van der Waals surface area contributed by atoms with Crippen LogP contribution in [0.5, 0.6) is 5.75 Å². The van der Waals surface area contributed by atoms with Crippen molar-refractivity contribution in [1.82, 2.24) is 9.29 Å². The fourth-order valence-corrected chi connectivity index (χ4v) is 6.89. The number of hydrogen-bond donors (Lipinski definition) is 1. The van der Waals surface area contributed by atoms with Crippen molar-refractivity contribution < 1.29 is 17.9 Å². The van der Waals surface area contributed by atoms with Crippen LogP contribution >= 0.6 is 11.6 Å². The molecule has 0 spiro atoms. The van der Waals surface area contributed by atoms with Crippen LogP contribution in [0.3, 0.4) is 0 Å². The molecular formula is C31H38ClN3O4S. The molecule has 214 valence electrons. The van der Waals surface area contributed by atoms with E-state index in [9.17, 15) is 8.42 Å². The molecule has 2 saturated carbocycles.